The molecular weight excluding hydrogens is 256 g/mol. The van der Waals surface area contributed by atoms with E-state index in [1.54, 1.807) is 24.3 Å². The first-order valence-electron chi connectivity index (χ1n) is 6.33. The first kappa shape index (κ1) is 12.3. The lowest BCUT2D eigenvalue weighted by molar-refractivity contribution is -0.383. The van der Waals surface area contributed by atoms with E-state index < -0.39 is 4.92 Å². The van der Waals surface area contributed by atoms with E-state index in [9.17, 15) is 14.9 Å². The van der Waals surface area contributed by atoms with Gasteiger partial charge in [0.1, 0.15) is 5.52 Å². The number of para-hydroxylation sites is 2. The predicted octanol–water partition coefficient (Wildman–Crippen LogP) is 3.08. The number of nitro benzene ring substituents is 1. The highest BCUT2D eigenvalue weighted by Gasteiger charge is 2.18. The number of rotatable bonds is 2. The fourth-order valence-corrected chi connectivity index (χ4v) is 2.64. The zero-order valence-electron chi connectivity index (χ0n) is 10.9. The molecule has 1 heterocycles. The molecule has 0 aliphatic rings. The van der Waals surface area contributed by atoms with Gasteiger partial charge in [0.25, 0.3) is 5.69 Å². The molecule has 20 heavy (non-hydrogen) atoms. The van der Waals surface area contributed by atoms with Crippen LogP contribution in [0.15, 0.2) is 47.3 Å². The highest BCUT2D eigenvalue weighted by Crippen LogP contribution is 2.27. The van der Waals surface area contributed by atoms with Gasteiger partial charge in [0.15, 0.2) is 5.43 Å². The van der Waals surface area contributed by atoms with Crippen molar-refractivity contribution in [1.29, 1.82) is 0 Å². The maximum Gasteiger partial charge on any atom is 0.293 e. The average molecular weight is 268 g/mol. The fraction of sp³-hybridized carbons (Fsp3) is 0.133. The third kappa shape index (κ3) is 1.60. The number of pyridine rings is 1. The lowest BCUT2D eigenvalue weighted by atomic mass is 10.1. The molecule has 0 N–H and O–H groups in total. The molecule has 100 valence electrons. The molecule has 0 spiro atoms. The normalized spacial score (nSPS) is 11.1. The van der Waals surface area contributed by atoms with Gasteiger partial charge in [0.05, 0.1) is 15.8 Å². The summed E-state index contributed by atoms with van der Waals surface area (Å²) < 4.78 is 1.82. The number of fused-ring (bicyclic) bond motifs is 2. The summed E-state index contributed by atoms with van der Waals surface area (Å²) in [5.41, 5.74) is 0.918. The molecule has 5 heteroatoms. The van der Waals surface area contributed by atoms with Gasteiger partial charge in [0.2, 0.25) is 0 Å². The second kappa shape index (κ2) is 4.45. The summed E-state index contributed by atoms with van der Waals surface area (Å²) >= 11 is 0. The van der Waals surface area contributed by atoms with E-state index in [1.807, 2.05) is 23.6 Å². The molecule has 5 nitrogen and oxygen atoms in total. The van der Waals surface area contributed by atoms with E-state index in [4.69, 9.17) is 0 Å². The van der Waals surface area contributed by atoms with E-state index in [2.05, 4.69) is 0 Å². The minimum absolute atomic E-state index is 0.0350. The molecule has 3 aromatic rings. The van der Waals surface area contributed by atoms with Crippen molar-refractivity contribution in [3.63, 3.8) is 0 Å². The molecule has 1 aromatic heterocycles. The monoisotopic (exact) mass is 268 g/mol. The Kier molecular flexibility index (Phi) is 2.75. The quantitative estimate of drug-likeness (QED) is 0.407. The summed E-state index contributed by atoms with van der Waals surface area (Å²) in [4.78, 5) is 23.3. The largest absolute Gasteiger partial charge is 0.335 e. The molecule has 0 saturated carbocycles. The summed E-state index contributed by atoms with van der Waals surface area (Å²) in [5.74, 6) is 0. The van der Waals surface area contributed by atoms with Crippen LogP contribution in [-0.4, -0.2) is 9.49 Å². The van der Waals surface area contributed by atoms with Gasteiger partial charge in [0, 0.05) is 18.0 Å². The Morgan fingerprint density at radius 2 is 1.80 bits per heavy atom. The first-order valence-corrected chi connectivity index (χ1v) is 6.33. The van der Waals surface area contributed by atoms with Crippen LogP contribution < -0.4 is 5.43 Å². The van der Waals surface area contributed by atoms with Crippen LogP contribution >= 0.6 is 0 Å². The van der Waals surface area contributed by atoms with Crippen molar-refractivity contribution in [2.24, 2.45) is 0 Å². The summed E-state index contributed by atoms with van der Waals surface area (Å²) in [6.07, 6.45) is 0. The summed E-state index contributed by atoms with van der Waals surface area (Å²) in [5, 5.41) is 12.2. The molecule has 0 saturated heterocycles. The second-order valence-electron chi connectivity index (χ2n) is 4.52. The number of benzene rings is 2. The van der Waals surface area contributed by atoms with E-state index in [1.165, 1.54) is 6.07 Å². The standard InChI is InChI=1S/C15H12N2O3/c1-2-16-12-8-4-3-6-10(12)15(18)11-7-5-9-13(14(11)16)17(19)20/h3-9H,2H2,1H3. The SMILES string of the molecule is CCn1c2ccccc2c(=O)c2cccc([N+](=O)[O-])c21. The van der Waals surface area contributed by atoms with Crippen molar-refractivity contribution in [3.05, 3.63) is 62.8 Å². The van der Waals surface area contributed by atoms with Crippen molar-refractivity contribution < 1.29 is 4.92 Å². The molecule has 0 fully saturated rings. The van der Waals surface area contributed by atoms with Crippen LogP contribution in [0, 0.1) is 10.1 Å². The number of hydrogen-bond donors (Lipinski definition) is 0. The molecule has 0 aliphatic heterocycles. The van der Waals surface area contributed by atoms with Gasteiger partial charge in [-0.25, -0.2) is 0 Å². The Hall–Kier alpha value is -2.69. The smallest absolute Gasteiger partial charge is 0.293 e. The van der Waals surface area contributed by atoms with E-state index in [-0.39, 0.29) is 11.1 Å². The van der Waals surface area contributed by atoms with Gasteiger partial charge in [-0.2, -0.15) is 0 Å². The molecule has 0 aliphatic carbocycles. The molecule has 3 rings (SSSR count). The number of nitro groups is 1. The summed E-state index contributed by atoms with van der Waals surface area (Å²) in [6.45, 7) is 2.47. The molecule has 0 bridgehead atoms. The van der Waals surface area contributed by atoms with Crippen LogP contribution in [0.4, 0.5) is 5.69 Å². The molecule has 0 atom stereocenters. The van der Waals surface area contributed by atoms with Crippen LogP contribution in [0.1, 0.15) is 6.92 Å². The lowest BCUT2D eigenvalue weighted by Gasteiger charge is -2.12. The number of nitrogens with zero attached hydrogens (tertiary/aromatic N) is 2. The Labute approximate surface area is 114 Å². The maximum atomic E-state index is 12.5. The molecule has 0 radical (unpaired) electrons. The van der Waals surface area contributed by atoms with Gasteiger partial charge in [-0.3, -0.25) is 14.9 Å². The van der Waals surface area contributed by atoms with Crippen molar-refractivity contribution in [1.82, 2.24) is 4.57 Å². The van der Waals surface area contributed by atoms with Gasteiger partial charge in [-0.05, 0) is 25.1 Å². The first-order chi connectivity index (χ1) is 9.65. The second-order valence-corrected chi connectivity index (χ2v) is 4.52. The van der Waals surface area contributed by atoms with Crippen molar-refractivity contribution in [2.45, 2.75) is 13.5 Å². The Morgan fingerprint density at radius 1 is 1.10 bits per heavy atom. The highest BCUT2D eigenvalue weighted by atomic mass is 16.6. The van der Waals surface area contributed by atoms with Crippen LogP contribution in [0.2, 0.25) is 0 Å². The zero-order valence-corrected chi connectivity index (χ0v) is 10.9. The van der Waals surface area contributed by atoms with Crippen molar-refractivity contribution in [3.8, 4) is 0 Å². The third-order valence-corrected chi connectivity index (χ3v) is 3.48. The lowest BCUT2D eigenvalue weighted by Crippen LogP contribution is -2.12. The van der Waals surface area contributed by atoms with Gasteiger partial charge in [-0.1, -0.05) is 18.2 Å². The van der Waals surface area contributed by atoms with E-state index >= 15 is 0 Å². The summed E-state index contributed by atoms with van der Waals surface area (Å²) in [7, 11) is 0. The average Bonchev–Trinajstić information content (AvgIpc) is 2.47. The Bertz CT molecular complexity index is 897. The van der Waals surface area contributed by atoms with E-state index in [0.29, 0.717) is 22.8 Å². The number of hydrogen-bond acceptors (Lipinski definition) is 3. The zero-order chi connectivity index (χ0) is 14.3. The fourth-order valence-electron chi connectivity index (χ4n) is 2.64. The van der Waals surface area contributed by atoms with E-state index in [0.717, 1.165) is 5.52 Å². The maximum absolute atomic E-state index is 12.5. The Morgan fingerprint density at radius 3 is 2.50 bits per heavy atom. The van der Waals surface area contributed by atoms with Crippen LogP contribution in [0.5, 0.6) is 0 Å². The summed E-state index contributed by atoms with van der Waals surface area (Å²) in [6, 6.07) is 11.8. The van der Waals surface area contributed by atoms with Crippen LogP contribution in [-0.2, 0) is 6.54 Å². The van der Waals surface area contributed by atoms with Gasteiger partial charge >= 0.3 is 0 Å². The number of aromatic nitrogens is 1. The topological polar surface area (TPSA) is 65.1 Å². The van der Waals surface area contributed by atoms with Crippen molar-refractivity contribution >= 4 is 27.5 Å². The third-order valence-electron chi connectivity index (χ3n) is 3.48. The predicted molar refractivity (Wildman–Crippen MR) is 78.0 cm³/mol. The highest BCUT2D eigenvalue weighted by molar-refractivity contribution is 5.97. The molecule has 0 amide bonds. The van der Waals surface area contributed by atoms with Crippen molar-refractivity contribution in [2.75, 3.05) is 0 Å². The molecular formula is C15H12N2O3. The van der Waals surface area contributed by atoms with Gasteiger partial charge in [-0.15, -0.1) is 0 Å². The van der Waals surface area contributed by atoms with Crippen LogP contribution in [0.3, 0.4) is 0 Å². The number of aryl methyl sites for hydroxylation is 1. The van der Waals surface area contributed by atoms with Crippen LogP contribution in [0.25, 0.3) is 21.8 Å². The minimum atomic E-state index is -0.442. The number of non-ortho nitro benzene ring substituents is 1. The van der Waals surface area contributed by atoms with Gasteiger partial charge < -0.3 is 4.57 Å². The Balaban J connectivity index is 2.68. The molecule has 0 unspecified atom stereocenters. The molecule has 2 aromatic carbocycles. The minimum Gasteiger partial charge on any atom is -0.335 e.